The van der Waals surface area contributed by atoms with E-state index in [0.29, 0.717) is 11.4 Å². The smallest absolute Gasteiger partial charge is 0.335 e. The van der Waals surface area contributed by atoms with Crippen LogP contribution in [0.2, 0.25) is 0 Å². The molecule has 1 amide bonds. The van der Waals surface area contributed by atoms with E-state index in [1.54, 1.807) is 18.3 Å². The Morgan fingerprint density at radius 3 is 2.31 bits per heavy atom. The lowest BCUT2D eigenvalue weighted by molar-refractivity contribution is -0.156. The molecular weight excluding hydrogens is 347 g/mol. The quantitative estimate of drug-likeness (QED) is 0.775. The summed E-state index contributed by atoms with van der Waals surface area (Å²) in [5.74, 6) is -0.637. The van der Waals surface area contributed by atoms with Crippen LogP contribution in [0.1, 0.15) is 22.1 Å². The molecule has 3 heterocycles. The van der Waals surface area contributed by atoms with Crippen LogP contribution in [0.5, 0.6) is 0 Å². The van der Waals surface area contributed by atoms with Gasteiger partial charge in [-0.2, -0.15) is 13.2 Å². The molecule has 26 heavy (non-hydrogen) atoms. The van der Waals surface area contributed by atoms with Gasteiger partial charge in [-0.15, -0.1) is 0 Å². The maximum absolute atomic E-state index is 13.3. The van der Waals surface area contributed by atoms with Gasteiger partial charge in [0.05, 0.1) is 11.3 Å². The monoisotopic (exact) mass is 359 g/mol. The van der Waals surface area contributed by atoms with Crippen LogP contribution in [-0.4, -0.2) is 32.0 Å². The molecular formula is C17H12F3N5O. The minimum absolute atomic E-state index is 0.0946. The zero-order valence-electron chi connectivity index (χ0n) is 13.2. The summed E-state index contributed by atoms with van der Waals surface area (Å²) < 4.78 is 39.8. The first-order valence-corrected chi connectivity index (χ1v) is 7.46. The number of pyridine rings is 2. The molecule has 3 aromatic rings. The number of rotatable bonds is 4. The molecule has 0 aliphatic carbocycles. The Bertz CT molecular complexity index is 870. The second kappa shape index (κ2) is 7.26. The third-order valence-corrected chi connectivity index (χ3v) is 3.42. The maximum atomic E-state index is 13.3. The van der Waals surface area contributed by atoms with Crippen LogP contribution in [0.15, 0.2) is 61.3 Å². The molecule has 3 aromatic heterocycles. The molecule has 0 aliphatic heterocycles. The Kier molecular flexibility index (Phi) is 4.87. The van der Waals surface area contributed by atoms with E-state index in [4.69, 9.17) is 0 Å². The van der Waals surface area contributed by atoms with Gasteiger partial charge < -0.3 is 5.32 Å². The molecule has 0 spiro atoms. The second-order valence-corrected chi connectivity index (χ2v) is 5.24. The molecule has 1 atom stereocenters. The van der Waals surface area contributed by atoms with Crippen molar-refractivity contribution in [2.24, 2.45) is 0 Å². The van der Waals surface area contributed by atoms with Crippen LogP contribution in [0.4, 0.5) is 13.2 Å². The first-order chi connectivity index (χ1) is 12.4. The number of hydrogen-bond donors (Lipinski definition) is 1. The summed E-state index contributed by atoms with van der Waals surface area (Å²) in [5.41, 5.74) is 0.227. The first kappa shape index (κ1) is 17.5. The lowest BCUT2D eigenvalue weighted by atomic mass is 10.1. The van der Waals surface area contributed by atoms with Crippen molar-refractivity contribution in [2.75, 3.05) is 0 Å². The fourth-order valence-corrected chi connectivity index (χ4v) is 2.17. The van der Waals surface area contributed by atoms with Crippen molar-refractivity contribution < 1.29 is 18.0 Å². The van der Waals surface area contributed by atoms with Gasteiger partial charge in [-0.3, -0.25) is 14.8 Å². The molecule has 1 N–H and O–H groups in total. The highest BCUT2D eigenvalue weighted by molar-refractivity contribution is 5.94. The van der Waals surface area contributed by atoms with Gasteiger partial charge in [-0.05, 0) is 24.3 Å². The van der Waals surface area contributed by atoms with E-state index in [-0.39, 0.29) is 11.3 Å². The van der Waals surface area contributed by atoms with E-state index in [9.17, 15) is 18.0 Å². The predicted octanol–water partition coefficient (Wildman–Crippen LogP) is 2.97. The van der Waals surface area contributed by atoms with E-state index in [2.05, 4.69) is 19.9 Å². The SMILES string of the molecule is O=C(NC(c1ccccn1)C(F)(F)F)c1cnc(-c2cccnc2)nc1. The third kappa shape index (κ3) is 4.00. The summed E-state index contributed by atoms with van der Waals surface area (Å²) in [5, 5.41) is 1.93. The van der Waals surface area contributed by atoms with Crippen LogP contribution < -0.4 is 5.32 Å². The molecule has 0 saturated carbocycles. The van der Waals surface area contributed by atoms with Gasteiger partial charge in [0.1, 0.15) is 0 Å². The molecule has 0 fully saturated rings. The van der Waals surface area contributed by atoms with E-state index < -0.39 is 18.1 Å². The lowest BCUT2D eigenvalue weighted by Crippen LogP contribution is -2.38. The molecule has 0 aliphatic rings. The number of nitrogens with zero attached hydrogens (tertiary/aromatic N) is 4. The van der Waals surface area contributed by atoms with E-state index in [1.165, 1.54) is 30.6 Å². The summed E-state index contributed by atoms with van der Waals surface area (Å²) >= 11 is 0. The van der Waals surface area contributed by atoms with Gasteiger partial charge >= 0.3 is 6.18 Å². The Balaban J connectivity index is 1.80. The maximum Gasteiger partial charge on any atom is 0.414 e. The van der Waals surface area contributed by atoms with Crippen molar-refractivity contribution in [2.45, 2.75) is 12.2 Å². The summed E-state index contributed by atoms with van der Waals surface area (Å²) in [6.07, 6.45) is 1.98. The second-order valence-electron chi connectivity index (χ2n) is 5.24. The highest BCUT2D eigenvalue weighted by Gasteiger charge is 2.43. The lowest BCUT2D eigenvalue weighted by Gasteiger charge is -2.21. The van der Waals surface area contributed by atoms with Gasteiger partial charge in [0, 0.05) is 36.5 Å². The first-order valence-electron chi connectivity index (χ1n) is 7.46. The number of hydrogen-bond acceptors (Lipinski definition) is 5. The Hall–Kier alpha value is -3.36. The third-order valence-electron chi connectivity index (χ3n) is 3.42. The number of alkyl halides is 3. The zero-order valence-corrected chi connectivity index (χ0v) is 13.2. The Labute approximate surface area is 146 Å². The topological polar surface area (TPSA) is 80.7 Å². The molecule has 132 valence electrons. The summed E-state index contributed by atoms with van der Waals surface area (Å²) in [6, 6.07) is 5.29. The molecule has 9 heteroatoms. The highest BCUT2D eigenvalue weighted by Crippen LogP contribution is 2.31. The van der Waals surface area contributed by atoms with E-state index >= 15 is 0 Å². The molecule has 0 aromatic carbocycles. The summed E-state index contributed by atoms with van der Waals surface area (Å²) in [6.45, 7) is 0. The van der Waals surface area contributed by atoms with Crippen LogP contribution in [0.25, 0.3) is 11.4 Å². The number of carbonyl (C=O) groups excluding carboxylic acids is 1. The van der Waals surface area contributed by atoms with Crippen molar-refractivity contribution in [3.63, 3.8) is 0 Å². The van der Waals surface area contributed by atoms with Crippen LogP contribution in [-0.2, 0) is 0 Å². The highest BCUT2D eigenvalue weighted by atomic mass is 19.4. The average molecular weight is 359 g/mol. The molecule has 0 radical (unpaired) electrons. The molecule has 0 bridgehead atoms. The zero-order chi connectivity index (χ0) is 18.6. The molecule has 6 nitrogen and oxygen atoms in total. The van der Waals surface area contributed by atoms with Crippen LogP contribution in [0.3, 0.4) is 0 Å². The minimum Gasteiger partial charge on any atom is -0.335 e. The van der Waals surface area contributed by atoms with Crippen LogP contribution >= 0.6 is 0 Å². The van der Waals surface area contributed by atoms with Crippen molar-refractivity contribution in [3.8, 4) is 11.4 Å². The van der Waals surface area contributed by atoms with Crippen molar-refractivity contribution in [3.05, 3.63) is 72.6 Å². The fourth-order valence-electron chi connectivity index (χ4n) is 2.17. The van der Waals surface area contributed by atoms with Crippen molar-refractivity contribution >= 4 is 5.91 Å². The minimum atomic E-state index is -4.69. The largest absolute Gasteiger partial charge is 0.414 e. The number of amides is 1. The van der Waals surface area contributed by atoms with Gasteiger partial charge in [0.25, 0.3) is 5.91 Å². The Morgan fingerprint density at radius 1 is 0.962 bits per heavy atom. The molecule has 1 unspecified atom stereocenters. The number of halogens is 3. The predicted molar refractivity (Wildman–Crippen MR) is 85.8 cm³/mol. The van der Waals surface area contributed by atoms with Gasteiger partial charge in [-0.25, -0.2) is 9.97 Å². The van der Waals surface area contributed by atoms with Crippen molar-refractivity contribution in [1.82, 2.24) is 25.3 Å². The number of carbonyl (C=O) groups is 1. The fraction of sp³-hybridized carbons (Fsp3) is 0.118. The number of aromatic nitrogens is 4. The summed E-state index contributed by atoms with van der Waals surface area (Å²) in [7, 11) is 0. The number of nitrogens with one attached hydrogen (secondary N) is 1. The van der Waals surface area contributed by atoms with Crippen LogP contribution in [0, 0.1) is 0 Å². The standard InChI is InChI=1S/C17H12F3N5O/c18-17(19,20)14(13-5-1-2-7-22-13)25-16(26)12-9-23-15(24-10-12)11-4-3-6-21-8-11/h1-10,14H,(H,25,26). The molecule has 3 rings (SSSR count). The van der Waals surface area contributed by atoms with Gasteiger partial charge in [0.15, 0.2) is 11.9 Å². The van der Waals surface area contributed by atoms with Gasteiger partial charge in [0.2, 0.25) is 0 Å². The van der Waals surface area contributed by atoms with Crippen molar-refractivity contribution in [1.29, 1.82) is 0 Å². The normalized spacial score (nSPS) is 12.4. The Morgan fingerprint density at radius 2 is 1.73 bits per heavy atom. The van der Waals surface area contributed by atoms with Gasteiger partial charge in [-0.1, -0.05) is 6.07 Å². The molecule has 0 saturated heterocycles. The summed E-state index contributed by atoms with van der Waals surface area (Å²) in [4.78, 5) is 27.8. The van der Waals surface area contributed by atoms with E-state index in [0.717, 1.165) is 12.4 Å². The average Bonchev–Trinajstić information content (AvgIpc) is 2.66. The van der Waals surface area contributed by atoms with E-state index in [1.807, 2.05) is 5.32 Å².